The van der Waals surface area contributed by atoms with Crippen LogP contribution in [0, 0.1) is 26.8 Å². The Balaban J connectivity index is -0.000000490. The summed E-state index contributed by atoms with van der Waals surface area (Å²) in [6.07, 6.45) is 4.45. The van der Waals surface area contributed by atoms with Crippen molar-refractivity contribution < 1.29 is 23.3 Å². The number of halogens is 2. The first kappa shape index (κ1) is 35.8. The summed E-state index contributed by atoms with van der Waals surface area (Å²) in [5.74, 6) is 0.560. The van der Waals surface area contributed by atoms with Gasteiger partial charge in [-0.15, -0.1) is 78.4 Å². The molecule has 1 unspecified atom stereocenters. The Bertz CT molecular complexity index is 1000. The molecule has 0 nitrogen and oxygen atoms in total. The molecule has 1 atom stereocenters. The molecular formula is C28H36Cl2SiZr-4. The van der Waals surface area contributed by atoms with Crippen LogP contribution in [0.5, 0.6) is 0 Å². The van der Waals surface area contributed by atoms with Gasteiger partial charge in [-0.2, -0.15) is 11.1 Å². The zero-order valence-electron chi connectivity index (χ0n) is 20.4. The number of fused-ring (bicyclic) bond motifs is 1. The summed E-state index contributed by atoms with van der Waals surface area (Å²) >= 11 is 1.36. The van der Waals surface area contributed by atoms with Crippen molar-refractivity contribution in [3.8, 4) is 11.1 Å². The van der Waals surface area contributed by atoms with Gasteiger partial charge in [0.25, 0.3) is 0 Å². The van der Waals surface area contributed by atoms with Crippen LogP contribution in [0.2, 0.25) is 0 Å². The van der Waals surface area contributed by atoms with Crippen molar-refractivity contribution in [1.29, 1.82) is 0 Å². The van der Waals surface area contributed by atoms with Gasteiger partial charge < -0.3 is 14.9 Å². The van der Waals surface area contributed by atoms with E-state index in [-0.39, 0.29) is 39.7 Å². The molecule has 3 aromatic carbocycles. The van der Waals surface area contributed by atoms with Gasteiger partial charge in [-0.1, -0.05) is 69.5 Å². The fourth-order valence-corrected chi connectivity index (χ4v) is 3.52. The Kier molecular flexibility index (Phi) is 19.7. The van der Waals surface area contributed by atoms with E-state index in [1.165, 1.54) is 67.5 Å². The van der Waals surface area contributed by atoms with E-state index in [0.717, 1.165) is 6.42 Å². The van der Waals surface area contributed by atoms with Crippen LogP contribution in [0.1, 0.15) is 40.2 Å². The minimum absolute atomic E-state index is 0. The van der Waals surface area contributed by atoms with E-state index in [4.69, 9.17) is 0 Å². The van der Waals surface area contributed by atoms with Crippen LogP contribution in [0.25, 0.3) is 21.9 Å². The van der Waals surface area contributed by atoms with Crippen LogP contribution in [0.3, 0.4) is 0 Å². The Morgan fingerprint density at radius 1 is 0.969 bits per heavy atom. The SMILES string of the molecule is CC1=[C-]C(C)C(C)=C1C.CCc1cccc(-c2c[cH-]c3ccccc23)c1.Cl.Cl.[CH3-].[CH3-].[Si]=[Zr]. The maximum atomic E-state index is 3.36. The second-order valence-corrected chi connectivity index (χ2v) is 7.19. The average molecular weight is 563 g/mol. The minimum atomic E-state index is 0. The summed E-state index contributed by atoms with van der Waals surface area (Å²) in [7, 11) is 0. The van der Waals surface area contributed by atoms with E-state index in [9.17, 15) is 0 Å². The molecule has 0 aliphatic heterocycles. The van der Waals surface area contributed by atoms with Gasteiger partial charge in [-0.25, -0.2) is 5.57 Å². The normalized spacial score (nSPS) is 13.5. The third-order valence-corrected chi connectivity index (χ3v) is 5.56. The van der Waals surface area contributed by atoms with Gasteiger partial charge in [0, 0.05) is 0 Å². The number of aryl methyl sites for hydroxylation is 1. The number of allylic oxidation sites excluding steroid dienone is 4. The molecular weight excluding hydrogens is 527 g/mol. The topological polar surface area (TPSA) is 0 Å². The van der Waals surface area contributed by atoms with Crippen molar-refractivity contribution >= 4 is 42.5 Å². The Morgan fingerprint density at radius 2 is 1.59 bits per heavy atom. The standard InChI is InChI=1S/C17H15.C9H13.2CH3.2ClH.Si.Zr/c1-2-13-6-5-8-15(12-13)17-11-10-14-7-3-4-9-16(14)17;1-6-5-7(2)9(4)8(6)3;;;;;;/h3-12H,2H2,1H3;6H,1-4H3;2*1H3;2*1H;;/q4*-1;;;;. The van der Waals surface area contributed by atoms with Gasteiger partial charge in [-0.3, -0.25) is 6.08 Å². The molecule has 0 spiro atoms. The van der Waals surface area contributed by atoms with E-state index in [1.54, 1.807) is 0 Å². The molecule has 32 heavy (non-hydrogen) atoms. The van der Waals surface area contributed by atoms with Crippen molar-refractivity contribution in [2.45, 2.75) is 41.0 Å². The molecule has 0 amide bonds. The predicted molar refractivity (Wildman–Crippen MR) is 147 cm³/mol. The van der Waals surface area contributed by atoms with Crippen molar-refractivity contribution in [1.82, 2.24) is 0 Å². The summed E-state index contributed by atoms with van der Waals surface area (Å²) in [4.78, 5) is 0. The number of hydrogen-bond donors (Lipinski definition) is 0. The molecule has 0 bridgehead atoms. The van der Waals surface area contributed by atoms with E-state index >= 15 is 0 Å². The predicted octanol–water partition coefficient (Wildman–Crippen LogP) is 8.87. The van der Waals surface area contributed by atoms with Crippen LogP contribution >= 0.6 is 24.8 Å². The number of benzene rings is 2. The quantitative estimate of drug-likeness (QED) is 0.216. The third kappa shape index (κ3) is 8.86. The first-order valence-electron chi connectivity index (χ1n) is 9.77. The van der Waals surface area contributed by atoms with E-state index < -0.39 is 0 Å². The van der Waals surface area contributed by atoms with Gasteiger partial charge in [0.15, 0.2) is 0 Å². The van der Waals surface area contributed by atoms with E-state index in [1.807, 2.05) is 0 Å². The van der Waals surface area contributed by atoms with Crippen molar-refractivity contribution in [2.75, 3.05) is 0 Å². The molecule has 0 aromatic heterocycles. The van der Waals surface area contributed by atoms with Gasteiger partial charge >= 0.3 is 30.2 Å². The van der Waals surface area contributed by atoms with Gasteiger partial charge in [0.1, 0.15) is 0 Å². The van der Waals surface area contributed by atoms with Crippen LogP contribution < -0.4 is 0 Å². The summed E-state index contributed by atoms with van der Waals surface area (Å²) in [6, 6.07) is 21.8. The Hall–Kier alpha value is -0.790. The summed E-state index contributed by atoms with van der Waals surface area (Å²) in [6.45, 7) is 13.9. The van der Waals surface area contributed by atoms with Crippen LogP contribution in [0.15, 0.2) is 77.4 Å². The first-order chi connectivity index (χ1) is 13.5. The molecule has 0 heterocycles. The molecule has 1 aliphatic rings. The number of rotatable bonds is 2. The molecule has 3 aromatic rings. The second kappa shape index (κ2) is 17.7. The van der Waals surface area contributed by atoms with Gasteiger partial charge in [-0.05, 0) is 12.0 Å². The maximum absolute atomic E-state index is 3.36. The molecule has 0 saturated heterocycles. The number of hydrogen-bond acceptors (Lipinski definition) is 0. The second-order valence-electron chi connectivity index (χ2n) is 7.19. The molecule has 1 aliphatic carbocycles. The molecule has 2 radical (unpaired) electrons. The molecule has 0 saturated carbocycles. The zero-order valence-corrected chi connectivity index (χ0v) is 25.5. The zero-order chi connectivity index (χ0) is 20.7. The third-order valence-electron chi connectivity index (χ3n) is 5.56. The molecule has 0 fully saturated rings. The fourth-order valence-electron chi connectivity index (χ4n) is 3.52. The van der Waals surface area contributed by atoms with Gasteiger partial charge in [0.05, 0.1) is 0 Å². The van der Waals surface area contributed by atoms with Crippen molar-refractivity contribution in [3.63, 3.8) is 0 Å². The Labute approximate surface area is 226 Å². The van der Waals surface area contributed by atoms with Crippen LogP contribution in [-0.2, 0) is 29.8 Å². The van der Waals surface area contributed by atoms with Crippen molar-refractivity contribution in [3.05, 3.63) is 104 Å². The van der Waals surface area contributed by atoms with Crippen LogP contribution in [-0.4, -0.2) is 6.88 Å². The molecule has 4 rings (SSSR count). The van der Waals surface area contributed by atoms with Gasteiger partial charge in [0.2, 0.25) is 0 Å². The first-order valence-corrected chi connectivity index (χ1v) is 14.0. The van der Waals surface area contributed by atoms with E-state index in [0.29, 0.717) is 5.92 Å². The molecule has 174 valence electrons. The van der Waals surface area contributed by atoms with Crippen LogP contribution in [0.4, 0.5) is 0 Å². The van der Waals surface area contributed by atoms with E-state index in [2.05, 4.69) is 108 Å². The summed E-state index contributed by atoms with van der Waals surface area (Å²) in [5.41, 5.74) is 8.31. The monoisotopic (exact) mass is 560 g/mol. The fraction of sp³-hybridized carbons (Fsp3) is 0.250. The summed E-state index contributed by atoms with van der Waals surface area (Å²) in [5, 5.41) is 2.67. The molecule has 4 heteroatoms. The van der Waals surface area contributed by atoms with Crippen molar-refractivity contribution in [2.24, 2.45) is 5.92 Å². The Morgan fingerprint density at radius 3 is 2.09 bits per heavy atom. The average Bonchev–Trinajstić information content (AvgIpc) is 3.27. The summed E-state index contributed by atoms with van der Waals surface area (Å²) < 4.78 is 0. The molecule has 0 N–H and O–H groups in total.